The van der Waals surface area contributed by atoms with Gasteiger partial charge in [0, 0.05) is 6.54 Å². The van der Waals surface area contributed by atoms with Crippen LogP contribution in [0.3, 0.4) is 0 Å². The Hall–Kier alpha value is -1.66. The molecule has 1 aromatic rings. The molecule has 0 spiro atoms. The fourth-order valence-electron chi connectivity index (χ4n) is 1.78. The van der Waals surface area contributed by atoms with E-state index in [0.29, 0.717) is 18.1 Å². The lowest BCUT2D eigenvalue weighted by Crippen LogP contribution is -2.30. The summed E-state index contributed by atoms with van der Waals surface area (Å²) in [6, 6.07) is 5.12. The molecule has 1 rings (SSSR count). The highest BCUT2D eigenvalue weighted by Crippen LogP contribution is 2.02. The molecule has 19 heavy (non-hydrogen) atoms. The molecule has 0 radical (unpaired) electrons. The average molecular weight is 265 g/mol. The molecule has 1 aromatic heterocycles. The number of amides is 1. The Kier molecular flexibility index (Phi) is 6.84. The zero-order chi connectivity index (χ0) is 14.1. The Balaban J connectivity index is 2.34. The standard InChI is InChI=1S/C13H23N5O/c1-3-18(4-2)10-6-9-15-13(19)11-7-5-8-12(16-11)17-14/h5,7-8H,3-4,6,9-10,14H2,1-2H3,(H,15,19)(H,16,17). The lowest BCUT2D eigenvalue weighted by molar-refractivity contribution is 0.0947. The van der Waals surface area contributed by atoms with E-state index in [1.54, 1.807) is 18.2 Å². The lowest BCUT2D eigenvalue weighted by Gasteiger charge is -2.17. The monoisotopic (exact) mass is 265 g/mol. The number of hydrogen-bond acceptors (Lipinski definition) is 5. The summed E-state index contributed by atoms with van der Waals surface area (Å²) in [5.41, 5.74) is 2.80. The largest absolute Gasteiger partial charge is 0.351 e. The Labute approximate surface area is 114 Å². The summed E-state index contributed by atoms with van der Waals surface area (Å²) in [5.74, 6) is 5.57. The molecule has 0 aliphatic heterocycles. The van der Waals surface area contributed by atoms with Crippen molar-refractivity contribution < 1.29 is 4.79 Å². The third-order valence-corrected chi connectivity index (χ3v) is 2.96. The number of anilines is 1. The van der Waals surface area contributed by atoms with Crippen molar-refractivity contribution in [1.82, 2.24) is 15.2 Å². The topological polar surface area (TPSA) is 83.3 Å². The fourth-order valence-corrected chi connectivity index (χ4v) is 1.78. The summed E-state index contributed by atoms with van der Waals surface area (Å²) in [6.07, 6.45) is 0.933. The van der Waals surface area contributed by atoms with Crippen molar-refractivity contribution >= 4 is 11.7 Å². The molecule has 106 valence electrons. The number of nitrogen functional groups attached to an aromatic ring is 1. The molecule has 0 aliphatic rings. The van der Waals surface area contributed by atoms with Crippen LogP contribution in [0.25, 0.3) is 0 Å². The first-order valence-electron chi connectivity index (χ1n) is 6.65. The SMILES string of the molecule is CCN(CC)CCCNC(=O)c1cccc(NN)n1. The van der Waals surface area contributed by atoms with Gasteiger partial charge in [0.15, 0.2) is 0 Å². The van der Waals surface area contributed by atoms with E-state index >= 15 is 0 Å². The van der Waals surface area contributed by atoms with Crippen LogP contribution in [0.2, 0.25) is 0 Å². The first-order chi connectivity index (χ1) is 9.21. The third-order valence-electron chi connectivity index (χ3n) is 2.96. The smallest absolute Gasteiger partial charge is 0.269 e. The molecule has 6 nitrogen and oxygen atoms in total. The first-order valence-corrected chi connectivity index (χ1v) is 6.65. The van der Waals surface area contributed by atoms with Crippen LogP contribution in [0.4, 0.5) is 5.82 Å². The Morgan fingerprint density at radius 1 is 1.37 bits per heavy atom. The van der Waals surface area contributed by atoms with Gasteiger partial charge in [0.25, 0.3) is 5.91 Å². The van der Waals surface area contributed by atoms with Crippen LogP contribution in [-0.2, 0) is 0 Å². The van der Waals surface area contributed by atoms with Gasteiger partial charge in [-0.15, -0.1) is 0 Å². The highest BCUT2D eigenvalue weighted by atomic mass is 16.1. The van der Waals surface area contributed by atoms with Gasteiger partial charge < -0.3 is 15.6 Å². The number of nitrogens with zero attached hydrogens (tertiary/aromatic N) is 2. The van der Waals surface area contributed by atoms with Gasteiger partial charge in [-0.1, -0.05) is 19.9 Å². The number of carbonyl (C=O) groups is 1. The van der Waals surface area contributed by atoms with Crippen molar-refractivity contribution in [3.63, 3.8) is 0 Å². The molecule has 6 heteroatoms. The van der Waals surface area contributed by atoms with Crippen molar-refractivity contribution in [2.24, 2.45) is 5.84 Å². The maximum atomic E-state index is 11.8. The minimum Gasteiger partial charge on any atom is -0.351 e. The Bertz CT molecular complexity index is 392. The number of rotatable bonds is 8. The molecule has 4 N–H and O–H groups in total. The van der Waals surface area contributed by atoms with E-state index in [1.807, 2.05) is 0 Å². The van der Waals surface area contributed by atoms with Gasteiger partial charge in [-0.25, -0.2) is 10.8 Å². The van der Waals surface area contributed by atoms with E-state index in [4.69, 9.17) is 5.84 Å². The molecule has 0 saturated heterocycles. The summed E-state index contributed by atoms with van der Waals surface area (Å²) in [4.78, 5) is 18.2. The number of nitrogens with one attached hydrogen (secondary N) is 2. The molecule has 1 amide bonds. The summed E-state index contributed by atoms with van der Waals surface area (Å²) in [5, 5.41) is 2.86. The van der Waals surface area contributed by atoms with E-state index in [2.05, 4.69) is 34.5 Å². The second-order valence-electron chi connectivity index (χ2n) is 4.19. The Morgan fingerprint density at radius 2 is 2.11 bits per heavy atom. The first kappa shape index (κ1) is 15.4. The zero-order valence-electron chi connectivity index (χ0n) is 11.6. The van der Waals surface area contributed by atoms with Gasteiger partial charge in [-0.3, -0.25) is 4.79 Å². The molecule has 0 unspecified atom stereocenters. The van der Waals surface area contributed by atoms with Crippen LogP contribution in [0.15, 0.2) is 18.2 Å². The van der Waals surface area contributed by atoms with E-state index in [1.165, 1.54) is 0 Å². The normalized spacial score (nSPS) is 10.5. The fraction of sp³-hybridized carbons (Fsp3) is 0.538. The van der Waals surface area contributed by atoms with Gasteiger partial charge in [-0.05, 0) is 38.2 Å². The van der Waals surface area contributed by atoms with Crippen LogP contribution in [0.5, 0.6) is 0 Å². The van der Waals surface area contributed by atoms with Crippen LogP contribution >= 0.6 is 0 Å². The predicted molar refractivity (Wildman–Crippen MR) is 76.8 cm³/mol. The zero-order valence-corrected chi connectivity index (χ0v) is 11.6. The van der Waals surface area contributed by atoms with Gasteiger partial charge in [0.1, 0.15) is 11.5 Å². The van der Waals surface area contributed by atoms with Crippen LogP contribution in [0.1, 0.15) is 30.8 Å². The second-order valence-corrected chi connectivity index (χ2v) is 4.19. The predicted octanol–water partition coefficient (Wildman–Crippen LogP) is 0.829. The summed E-state index contributed by atoms with van der Waals surface area (Å²) in [7, 11) is 0. The minimum absolute atomic E-state index is 0.170. The maximum Gasteiger partial charge on any atom is 0.269 e. The Morgan fingerprint density at radius 3 is 2.74 bits per heavy atom. The van der Waals surface area contributed by atoms with Gasteiger partial charge in [-0.2, -0.15) is 0 Å². The molecule has 0 bridgehead atoms. The van der Waals surface area contributed by atoms with Crippen molar-refractivity contribution in [2.45, 2.75) is 20.3 Å². The average Bonchev–Trinajstić information content (AvgIpc) is 2.47. The number of hydrogen-bond donors (Lipinski definition) is 3. The third kappa shape index (κ3) is 5.23. The van der Waals surface area contributed by atoms with Gasteiger partial charge in [0.2, 0.25) is 0 Å². The number of carbonyl (C=O) groups excluding carboxylic acids is 1. The van der Waals surface area contributed by atoms with E-state index in [0.717, 1.165) is 26.1 Å². The van der Waals surface area contributed by atoms with E-state index < -0.39 is 0 Å². The molecule has 1 heterocycles. The molecule has 0 fully saturated rings. The summed E-state index contributed by atoms with van der Waals surface area (Å²) < 4.78 is 0. The number of hydrazine groups is 1. The van der Waals surface area contributed by atoms with Gasteiger partial charge in [0.05, 0.1) is 0 Å². The van der Waals surface area contributed by atoms with Crippen molar-refractivity contribution in [3.05, 3.63) is 23.9 Å². The van der Waals surface area contributed by atoms with Crippen LogP contribution in [-0.4, -0.2) is 42.0 Å². The molecular weight excluding hydrogens is 242 g/mol. The van der Waals surface area contributed by atoms with E-state index in [9.17, 15) is 4.79 Å². The number of aromatic nitrogens is 1. The van der Waals surface area contributed by atoms with Crippen molar-refractivity contribution in [2.75, 3.05) is 31.6 Å². The molecular formula is C13H23N5O. The second kappa shape index (κ2) is 8.44. The number of pyridine rings is 1. The molecule has 0 atom stereocenters. The van der Waals surface area contributed by atoms with Crippen molar-refractivity contribution in [1.29, 1.82) is 0 Å². The number of nitrogens with two attached hydrogens (primary N) is 1. The van der Waals surface area contributed by atoms with Crippen LogP contribution in [0, 0.1) is 0 Å². The maximum absolute atomic E-state index is 11.8. The van der Waals surface area contributed by atoms with Gasteiger partial charge >= 0.3 is 0 Å². The molecule has 0 aromatic carbocycles. The minimum atomic E-state index is -0.170. The van der Waals surface area contributed by atoms with Crippen LogP contribution < -0.4 is 16.6 Å². The lowest BCUT2D eigenvalue weighted by atomic mass is 10.3. The highest BCUT2D eigenvalue weighted by molar-refractivity contribution is 5.92. The highest BCUT2D eigenvalue weighted by Gasteiger charge is 2.07. The quantitative estimate of drug-likeness (QED) is 0.368. The molecule has 0 aliphatic carbocycles. The molecule has 0 saturated carbocycles. The van der Waals surface area contributed by atoms with Crippen molar-refractivity contribution in [3.8, 4) is 0 Å². The van der Waals surface area contributed by atoms with E-state index in [-0.39, 0.29) is 5.91 Å². The summed E-state index contributed by atoms with van der Waals surface area (Å²) in [6.45, 7) is 7.99. The summed E-state index contributed by atoms with van der Waals surface area (Å²) >= 11 is 0.